The van der Waals surface area contributed by atoms with Gasteiger partial charge in [0, 0.05) is 7.11 Å². The molecule has 0 aliphatic heterocycles. The number of hydrogen-bond acceptors (Lipinski definition) is 3. The van der Waals surface area contributed by atoms with Gasteiger partial charge in [-0.2, -0.15) is 0 Å². The molecule has 0 heterocycles. The van der Waals surface area contributed by atoms with Gasteiger partial charge in [-0.05, 0) is 31.7 Å². The smallest absolute Gasteiger partial charge is 0.0582 e. The zero-order chi connectivity index (χ0) is 8.27. The van der Waals surface area contributed by atoms with Crippen LogP contribution in [-0.4, -0.2) is 31.0 Å². The van der Waals surface area contributed by atoms with E-state index in [2.05, 4.69) is 0 Å². The number of nitrogens with two attached hydrogens (primary N) is 1. The molecule has 0 saturated heterocycles. The van der Waals surface area contributed by atoms with Crippen LogP contribution in [0.15, 0.2) is 0 Å². The maximum Gasteiger partial charge on any atom is 0.0582 e. The van der Waals surface area contributed by atoms with Crippen LogP contribution in [0.4, 0.5) is 0 Å². The van der Waals surface area contributed by atoms with Gasteiger partial charge in [-0.15, -0.1) is 0 Å². The average Bonchev–Trinajstić information content (AvgIpc) is 2.05. The van der Waals surface area contributed by atoms with Gasteiger partial charge in [0.2, 0.25) is 0 Å². The van der Waals surface area contributed by atoms with Crippen LogP contribution in [0, 0.1) is 5.92 Å². The first-order valence-electron chi connectivity index (χ1n) is 4.18. The monoisotopic (exact) mass is 159 g/mol. The van der Waals surface area contributed by atoms with Crippen molar-refractivity contribution in [3.05, 3.63) is 0 Å². The highest BCUT2D eigenvalue weighted by molar-refractivity contribution is 4.80. The maximum absolute atomic E-state index is 9.45. The first kappa shape index (κ1) is 8.97. The minimum atomic E-state index is -0.202. The van der Waals surface area contributed by atoms with E-state index in [1.54, 1.807) is 7.11 Å². The SMILES string of the molecule is COC1CCC(O)C(CN)C1. The summed E-state index contributed by atoms with van der Waals surface area (Å²) in [5, 5.41) is 9.45. The third-order valence-corrected chi connectivity index (χ3v) is 2.53. The second-order valence-electron chi connectivity index (χ2n) is 3.23. The standard InChI is InChI=1S/C8H17NO2/c1-11-7-2-3-8(10)6(4-7)5-9/h6-8,10H,2-5,9H2,1H3. The van der Waals surface area contributed by atoms with Gasteiger partial charge >= 0.3 is 0 Å². The van der Waals surface area contributed by atoms with Crippen molar-refractivity contribution in [2.24, 2.45) is 11.7 Å². The highest BCUT2D eigenvalue weighted by atomic mass is 16.5. The summed E-state index contributed by atoms with van der Waals surface area (Å²) < 4.78 is 5.20. The van der Waals surface area contributed by atoms with Gasteiger partial charge in [0.05, 0.1) is 12.2 Å². The van der Waals surface area contributed by atoms with Crippen LogP contribution in [0.3, 0.4) is 0 Å². The third-order valence-electron chi connectivity index (χ3n) is 2.53. The summed E-state index contributed by atoms with van der Waals surface area (Å²) in [6.07, 6.45) is 2.82. The number of aliphatic hydroxyl groups excluding tert-OH is 1. The molecule has 66 valence electrons. The number of hydrogen-bond donors (Lipinski definition) is 2. The van der Waals surface area contributed by atoms with E-state index in [-0.39, 0.29) is 12.0 Å². The second kappa shape index (κ2) is 4.04. The van der Waals surface area contributed by atoms with Crippen molar-refractivity contribution in [3.8, 4) is 0 Å². The largest absolute Gasteiger partial charge is 0.393 e. The summed E-state index contributed by atoms with van der Waals surface area (Å²) in [5.41, 5.74) is 5.50. The molecule has 3 heteroatoms. The van der Waals surface area contributed by atoms with Crippen molar-refractivity contribution >= 4 is 0 Å². The Labute approximate surface area is 67.5 Å². The normalized spacial score (nSPS) is 39.0. The van der Waals surface area contributed by atoms with Crippen molar-refractivity contribution in [2.45, 2.75) is 31.5 Å². The lowest BCUT2D eigenvalue weighted by Crippen LogP contribution is -2.36. The molecular weight excluding hydrogens is 142 g/mol. The quantitative estimate of drug-likeness (QED) is 0.601. The Morgan fingerprint density at radius 1 is 1.55 bits per heavy atom. The van der Waals surface area contributed by atoms with Crippen molar-refractivity contribution in [1.82, 2.24) is 0 Å². The molecule has 11 heavy (non-hydrogen) atoms. The van der Waals surface area contributed by atoms with Crippen molar-refractivity contribution in [2.75, 3.05) is 13.7 Å². The number of methoxy groups -OCH3 is 1. The molecule has 0 bridgehead atoms. The van der Waals surface area contributed by atoms with Crippen LogP contribution >= 0.6 is 0 Å². The number of rotatable bonds is 2. The molecule has 1 saturated carbocycles. The van der Waals surface area contributed by atoms with Crippen LogP contribution in [0.1, 0.15) is 19.3 Å². The fourth-order valence-electron chi connectivity index (χ4n) is 1.67. The van der Waals surface area contributed by atoms with Crippen LogP contribution in [-0.2, 0) is 4.74 Å². The topological polar surface area (TPSA) is 55.5 Å². The molecule has 1 fully saturated rings. The molecule has 1 aliphatic carbocycles. The Morgan fingerprint density at radius 3 is 2.82 bits per heavy atom. The van der Waals surface area contributed by atoms with Gasteiger partial charge in [0.25, 0.3) is 0 Å². The van der Waals surface area contributed by atoms with Crippen molar-refractivity contribution in [1.29, 1.82) is 0 Å². The van der Waals surface area contributed by atoms with Gasteiger partial charge in [-0.1, -0.05) is 0 Å². The Bertz CT molecular complexity index is 119. The summed E-state index contributed by atoms with van der Waals surface area (Å²) in [7, 11) is 1.72. The molecule has 3 nitrogen and oxygen atoms in total. The zero-order valence-electron chi connectivity index (χ0n) is 6.99. The maximum atomic E-state index is 9.45. The molecule has 0 amide bonds. The minimum absolute atomic E-state index is 0.202. The van der Waals surface area contributed by atoms with E-state index in [0.717, 1.165) is 19.3 Å². The van der Waals surface area contributed by atoms with Gasteiger partial charge < -0.3 is 15.6 Å². The van der Waals surface area contributed by atoms with Gasteiger partial charge in [0.15, 0.2) is 0 Å². The first-order valence-corrected chi connectivity index (χ1v) is 4.18. The Morgan fingerprint density at radius 2 is 2.27 bits per heavy atom. The summed E-state index contributed by atoms with van der Waals surface area (Å²) in [6, 6.07) is 0. The van der Waals surface area contributed by atoms with Crippen LogP contribution < -0.4 is 5.73 Å². The summed E-state index contributed by atoms with van der Waals surface area (Å²) in [4.78, 5) is 0. The zero-order valence-corrected chi connectivity index (χ0v) is 6.99. The van der Waals surface area contributed by atoms with Gasteiger partial charge in [0.1, 0.15) is 0 Å². The number of aliphatic hydroxyl groups is 1. The van der Waals surface area contributed by atoms with E-state index in [1.807, 2.05) is 0 Å². The molecule has 0 aromatic carbocycles. The van der Waals surface area contributed by atoms with E-state index in [1.165, 1.54) is 0 Å². The lowest BCUT2D eigenvalue weighted by atomic mass is 9.85. The molecule has 0 aromatic rings. The third kappa shape index (κ3) is 2.15. The molecule has 1 aliphatic rings. The Balaban J connectivity index is 2.37. The molecule has 0 radical (unpaired) electrons. The second-order valence-corrected chi connectivity index (χ2v) is 3.23. The van der Waals surface area contributed by atoms with Crippen molar-refractivity contribution in [3.63, 3.8) is 0 Å². The van der Waals surface area contributed by atoms with E-state index in [4.69, 9.17) is 10.5 Å². The highest BCUT2D eigenvalue weighted by Crippen LogP contribution is 2.25. The summed E-state index contributed by atoms with van der Waals surface area (Å²) in [6.45, 7) is 0.570. The molecule has 3 unspecified atom stereocenters. The lowest BCUT2D eigenvalue weighted by molar-refractivity contribution is -0.0107. The molecule has 3 N–H and O–H groups in total. The molecule has 3 atom stereocenters. The Hall–Kier alpha value is -0.120. The average molecular weight is 159 g/mol. The molecule has 0 spiro atoms. The molecule has 1 rings (SSSR count). The predicted molar refractivity (Wildman–Crippen MR) is 43.2 cm³/mol. The van der Waals surface area contributed by atoms with Crippen LogP contribution in [0.2, 0.25) is 0 Å². The van der Waals surface area contributed by atoms with Crippen LogP contribution in [0.5, 0.6) is 0 Å². The minimum Gasteiger partial charge on any atom is -0.393 e. The van der Waals surface area contributed by atoms with Crippen LogP contribution in [0.25, 0.3) is 0 Å². The van der Waals surface area contributed by atoms with E-state index in [9.17, 15) is 5.11 Å². The van der Waals surface area contributed by atoms with E-state index < -0.39 is 0 Å². The van der Waals surface area contributed by atoms with Gasteiger partial charge in [-0.25, -0.2) is 0 Å². The van der Waals surface area contributed by atoms with E-state index in [0.29, 0.717) is 12.6 Å². The number of ether oxygens (including phenoxy) is 1. The fraction of sp³-hybridized carbons (Fsp3) is 1.00. The molecular formula is C8H17NO2. The summed E-state index contributed by atoms with van der Waals surface area (Å²) in [5.74, 6) is 0.244. The van der Waals surface area contributed by atoms with Crippen molar-refractivity contribution < 1.29 is 9.84 Å². The molecule has 0 aromatic heterocycles. The Kier molecular flexibility index (Phi) is 3.30. The summed E-state index contributed by atoms with van der Waals surface area (Å²) >= 11 is 0. The fourth-order valence-corrected chi connectivity index (χ4v) is 1.67. The van der Waals surface area contributed by atoms with Gasteiger partial charge in [-0.3, -0.25) is 0 Å². The highest BCUT2D eigenvalue weighted by Gasteiger charge is 2.27. The first-order chi connectivity index (χ1) is 5.27. The predicted octanol–water partition coefficient (Wildman–Crippen LogP) is 0.121. The van der Waals surface area contributed by atoms with E-state index >= 15 is 0 Å². The lowest BCUT2D eigenvalue weighted by Gasteiger charge is -2.31.